The third-order valence-electron chi connectivity index (χ3n) is 3.66. The monoisotopic (exact) mass is 355 g/mol. The normalized spacial score (nSPS) is 12.1. The van der Waals surface area contributed by atoms with Crippen molar-refractivity contribution in [3.63, 3.8) is 0 Å². The average Bonchev–Trinajstić information content (AvgIpc) is 3.09. The third-order valence-corrected chi connectivity index (χ3v) is 5.03. The van der Waals surface area contributed by atoms with Gasteiger partial charge in [0, 0.05) is 11.3 Å². The van der Waals surface area contributed by atoms with Crippen LogP contribution in [0, 0.1) is 0 Å². The van der Waals surface area contributed by atoms with Crippen molar-refractivity contribution in [2.75, 3.05) is 5.32 Å². The van der Waals surface area contributed by atoms with E-state index in [9.17, 15) is 9.59 Å². The van der Waals surface area contributed by atoms with Gasteiger partial charge in [0.15, 0.2) is 11.4 Å². The molecule has 3 rings (SSSR count). The number of nitrogens with zero attached hydrogens (tertiary/aromatic N) is 3. The Bertz CT molecular complexity index is 907. The van der Waals surface area contributed by atoms with E-state index in [1.54, 1.807) is 30.6 Å². The Kier molecular flexibility index (Phi) is 5.08. The van der Waals surface area contributed by atoms with Gasteiger partial charge in [-0.15, -0.1) is 0 Å². The number of aromatic nitrogens is 4. The first-order valence-corrected chi connectivity index (χ1v) is 8.69. The Morgan fingerprint density at radius 2 is 1.96 bits per heavy atom. The van der Waals surface area contributed by atoms with E-state index in [0.29, 0.717) is 28.3 Å². The number of fused-ring (bicyclic) bond motifs is 1. The van der Waals surface area contributed by atoms with Crippen molar-refractivity contribution in [3.05, 3.63) is 42.5 Å². The highest BCUT2D eigenvalue weighted by atomic mass is 32.2. The fourth-order valence-electron chi connectivity index (χ4n) is 2.30. The van der Waals surface area contributed by atoms with Crippen LogP contribution >= 0.6 is 11.8 Å². The molecular formula is C17H17N5O2S. The molecule has 0 fully saturated rings. The maximum atomic E-state index is 12.6. The van der Waals surface area contributed by atoms with Gasteiger partial charge in [-0.2, -0.15) is 0 Å². The molecule has 1 aromatic carbocycles. The van der Waals surface area contributed by atoms with Crippen molar-refractivity contribution in [3.8, 4) is 0 Å². The van der Waals surface area contributed by atoms with Gasteiger partial charge in [0.25, 0.3) is 0 Å². The molecule has 128 valence electrons. The van der Waals surface area contributed by atoms with Gasteiger partial charge in [0.2, 0.25) is 5.91 Å². The molecule has 0 radical (unpaired) electrons. The predicted octanol–water partition coefficient (Wildman–Crippen LogP) is 3.06. The number of H-pyrrole nitrogens is 1. The van der Waals surface area contributed by atoms with Gasteiger partial charge in [-0.05, 0) is 37.6 Å². The van der Waals surface area contributed by atoms with Crippen LogP contribution in [0.5, 0.6) is 0 Å². The number of carbonyl (C=O) groups excluding carboxylic acids is 2. The molecule has 3 aromatic rings. The maximum absolute atomic E-state index is 12.6. The van der Waals surface area contributed by atoms with Crippen molar-refractivity contribution < 1.29 is 9.59 Å². The summed E-state index contributed by atoms with van der Waals surface area (Å²) in [6, 6.07) is 6.85. The number of benzene rings is 1. The molecule has 0 aliphatic heterocycles. The van der Waals surface area contributed by atoms with Crippen molar-refractivity contribution >= 4 is 40.3 Å². The third kappa shape index (κ3) is 3.85. The van der Waals surface area contributed by atoms with Gasteiger partial charge in [0.1, 0.15) is 16.9 Å². The molecule has 0 saturated heterocycles. The van der Waals surface area contributed by atoms with Gasteiger partial charge in [-0.3, -0.25) is 9.59 Å². The molecule has 1 unspecified atom stereocenters. The number of thioether (sulfide) groups is 1. The molecule has 25 heavy (non-hydrogen) atoms. The second-order valence-electron chi connectivity index (χ2n) is 5.42. The van der Waals surface area contributed by atoms with E-state index in [1.807, 2.05) is 6.92 Å². The first-order chi connectivity index (χ1) is 12.1. The fraction of sp³-hybridized carbons (Fsp3) is 0.235. The van der Waals surface area contributed by atoms with Crippen LogP contribution in [0.4, 0.5) is 5.69 Å². The largest absolute Gasteiger partial charge is 0.341 e. The molecule has 2 N–H and O–H groups in total. The number of imidazole rings is 1. The Labute approximate surface area is 148 Å². The molecule has 0 aliphatic carbocycles. The van der Waals surface area contributed by atoms with Gasteiger partial charge in [-0.1, -0.05) is 18.7 Å². The van der Waals surface area contributed by atoms with Crippen LogP contribution in [-0.4, -0.2) is 36.9 Å². The highest BCUT2D eigenvalue weighted by Gasteiger charge is 2.20. The lowest BCUT2D eigenvalue weighted by Crippen LogP contribution is -2.24. The van der Waals surface area contributed by atoms with Crippen LogP contribution in [0.2, 0.25) is 0 Å². The van der Waals surface area contributed by atoms with Crippen molar-refractivity contribution in [1.82, 2.24) is 19.9 Å². The lowest BCUT2D eigenvalue weighted by Gasteiger charge is -2.14. The van der Waals surface area contributed by atoms with E-state index in [1.165, 1.54) is 25.0 Å². The Balaban J connectivity index is 1.73. The molecule has 0 saturated carbocycles. The van der Waals surface area contributed by atoms with Gasteiger partial charge in [0.05, 0.1) is 11.6 Å². The lowest BCUT2D eigenvalue weighted by molar-refractivity contribution is -0.115. The number of anilines is 1. The fourth-order valence-corrected chi connectivity index (χ4v) is 3.28. The molecule has 0 spiro atoms. The molecule has 7 nitrogen and oxygen atoms in total. The van der Waals surface area contributed by atoms with Crippen LogP contribution in [0.15, 0.2) is 41.9 Å². The topological polar surface area (TPSA) is 101 Å². The van der Waals surface area contributed by atoms with Crippen LogP contribution in [0.3, 0.4) is 0 Å². The first kappa shape index (κ1) is 17.1. The molecule has 0 bridgehead atoms. The number of nitrogens with one attached hydrogen (secondary N) is 2. The number of amides is 1. The van der Waals surface area contributed by atoms with Crippen LogP contribution < -0.4 is 5.32 Å². The minimum absolute atomic E-state index is 0.00722. The highest BCUT2D eigenvalue weighted by molar-refractivity contribution is 8.00. The van der Waals surface area contributed by atoms with Gasteiger partial charge >= 0.3 is 0 Å². The summed E-state index contributed by atoms with van der Waals surface area (Å²) in [7, 11) is 0. The Hall–Kier alpha value is -2.74. The molecule has 2 aromatic heterocycles. The number of rotatable bonds is 6. The van der Waals surface area contributed by atoms with Crippen LogP contribution in [0.1, 0.15) is 30.6 Å². The summed E-state index contributed by atoms with van der Waals surface area (Å²) in [6.07, 6.45) is 3.64. The van der Waals surface area contributed by atoms with E-state index in [-0.39, 0.29) is 16.9 Å². The van der Waals surface area contributed by atoms with E-state index in [0.717, 1.165) is 5.52 Å². The first-order valence-electron chi connectivity index (χ1n) is 7.81. The van der Waals surface area contributed by atoms with E-state index < -0.39 is 0 Å². The van der Waals surface area contributed by atoms with Crippen molar-refractivity contribution in [2.24, 2.45) is 0 Å². The van der Waals surface area contributed by atoms with E-state index in [4.69, 9.17) is 0 Å². The predicted molar refractivity (Wildman–Crippen MR) is 96.7 cm³/mol. The minimum atomic E-state index is -0.311. The lowest BCUT2D eigenvalue weighted by atomic mass is 10.1. The standard InChI is InChI=1S/C17H17N5O2S/c1-3-13(25-17-14-15(19-8-18-14)20-9-21-17)16(24)22-12-6-4-11(5-7-12)10(2)23/h4-9,13H,3H2,1-2H3,(H,22,24)(H,18,19,20,21). The van der Waals surface area contributed by atoms with Gasteiger partial charge in [-0.25, -0.2) is 15.0 Å². The van der Waals surface area contributed by atoms with E-state index in [2.05, 4.69) is 25.3 Å². The number of ketones is 1. The number of carbonyl (C=O) groups is 2. The summed E-state index contributed by atoms with van der Waals surface area (Å²) in [6.45, 7) is 3.46. The molecule has 0 aliphatic rings. The molecule has 1 atom stereocenters. The summed E-state index contributed by atoms with van der Waals surface area (Å²) in [4.78, 5) is 39.3. The van der Waals surface area contributed by atoms with Crippen molar-refractivity contribution in [1.29, 1.82) is 0 Å². The Morgan fingerprint density at radius 1 is 1.20 bits per heavy atom. The zero-order valence-electron chi connectivity index (χ0n) is 13.8. The molecular weight excluding hydrogens is 338 g/mol. The minimum Gasteiger partial charge on any atom is -0.341 e. The summed E-state index contributed by atoms with van der Waals surface area (Å²) in [5.41, 5.74) is 2.57. The van der Waals surface area contributed by atoms with Crippen LogP contribution in [-0.2, 0) is 4.79 Å². The maximum Gasteiger partial charge on any atom is 0.237 e. The molecule has 1 amide bonds. The number of aromatic amines is 1. The van der Waals surface area contributed by atoms with Gasteiger partial charge < -0.3 is 10.3 Å². The number of hydrogen-bond donors (Lipinski definition) is 2. The summed E-state index contributed by atoms with van der Waals surface area (Å²) in [5.74, 6) is -0.124. The second-order valence-corrected chi connectivity index (χ2v) is 6.61. The van der Waals surface area contributed by atoms with Crippen LogP contribution in [0.25, 0.3) is 11.2 Å². The highest BCUT2D eigenvalue weighted by Crippen LogP contribution is 2.28. The smallest absolute Gasteiger partial charge is 0.237 e. The molecule has 2 heterocycles. The average molecular weight is 355 g/mol. The van der Waals surface area contributed by atoms with E-state index >= 15 is 0 Å². The number of hydrogen-bond acceptors (Lipinski definition) is 6. The SMILES string of the molecule is CCC(Sc1ncnc2nc[nH]c12)C(=O)Nc1ccc(C(C)=O)cc1. The Morgan fingerprint density at radius 3 is 2.64 bits per heavy atom. The quantitative estimate of drug-likeness (QED) is 0.400. The zero-order chi connectivity index (χ0) is 17.8. The zero-order valence-corrected chi connectivity index (χ0v) is 14.6. The second kappa shape index (κ2) is 7.43. The molecule has 8 heteroatoms. The summed E-state index contributed by atoms with van der Waals surface area (Å²) < 4.78 is 0. The summed E-state index contributed by atoms with van der Waals surface area (Å²) >= 11 is 1.37. The van der Waals surface area contributed by atoms with Crippen molar-refractivity contribution in [2.45, 2.75) is 30.5 Å². The summed E-state index contributed by atoms with van der Waals surface area (Å²) in [5, 5.41) is 3.26. The number of Topliss-reactive ketones (excluding diaryl/α,β-unsaturated/α-hetero) is 1.